The molecule has 1 aromatic rings. The van der Waals surface area contributed by atoms with Gasteiger partial charge in [0.1, 0.15) is 5.41 Å². The van der Waals surface area contributed by atoms with Gasteiger partial charge in [-0.25, -0.2) is 0 Å². The van der Waals surface area contributed by atoms with Crippen molar-refractivity contribution in [1.82, 2.24) is 4.90 Å². The fourth-order valence-electron chi connectivity index (χ4n) is 3.48. The van der Waals surface area contributed by atoms with Crippen LogP contribution in [0, 0.1) is 5.41 Å². The minimum absolute atomic E-state index is 0.0150. The highest BCUT2D eigenvalue weighted by Crippen LogP contribution is 2.37. The molecule has 0 aliphatic carbocycles. The molecule has 1 aliphatic rings. The minimum atomic E-state index is -4.45. The van der Waals surface area contributed by atoms with Crippen LogP contribution in [0.5, 0.6) is 0 Å². The van der Waals surface area contributed by atoms with Gasteiger partial charge in [0.05, 0.1) is 11.7 Å². The molecule has 134 valence electrons. The monoisotopic (exact) mass is 345 g/mol. The van der Waals surface area contributed by atoms with Crippen LogP contribution in [0.1, 0.15) is 37.3 Å². The molecule has 2 atom stereocenters. The van der Waals surface area contributed by atoms with Gasteiger partial charge in [0.25, 0.3) is 0 Å². The van der Waals surface area contributed by atoms with Crippen molar-refractivity contribution in [3.8, 4) is 0 Å². The third-order valence-corrected chi connectivity index (χ3v) is 4.70. The van der Waals surface area contributed by atoms with E-state index in [2.05, 4.69) is 0 Å². The van der Waals surface area contributed by atoms with Crippen molar-refractivity contribution < 1.29 is 28.2 Å². The molecular weight excluding hydrogens is 323 g/mol. The number of likely N-dealkylation sites (tertiary alicyclic amines) is 1. The lowest BCUT2D eigenvalue weighted by atomic mass is 9.74. The minimum Gasteiger partial charge on any atom is -0.481 e. The van der Waals surface area contributed by atoms with E-state index in [1.165, 1.54) is 12.1 Å². The van der Waals surface area contributed by atoms with Gasteiger partial charge in [-0.2, -0.15) is 13.2 Å². The van der Waals surface area contributed by atoms with Gasteiger partial charge in [-0.1, -0.05) is 31.5 Å². The predicted molar refractivity (Wildman–Crippen MR) is 82.3 cm³/mol. The number of halogens is 3. The Bertz CT molecular complexity index is 591. The van der Waals surface area contributed by atoms with E-state index in [9.17, 15) is 28.2 Å². The molecule has 7 heteroatoms. The van der Waals surface area contributed by atoms with Crippen molar-refractivity contribution in [2.75, 3.05) is 13.1 Å². The van der Waals surface area contributed by atoms with E-state index >= 15 is 0 Å². The molecule has 0 amide bonds. The number of carboxylic acid groups (broad SMARTS) is 1. The standard InChI is InChI=1S/C17H22F3NO3/c1-2-8-16(15(23)24)11-21(9-7-14(16)22)10-12-5-3-4-6-13(12)17(18,19)20/h3-6,14,22H,2,7-11H2,1H3,(H,23,24)/t14-,16+/m0/s1. The maximum Gasteiger partial charge on any atom is 0.416 e. The quantitative estimate of drug-likeness (QED) is 0.861. The fraction of sp³-hybridized carbons (Fsp3) is 0.588. The molecule has 0 spiro atoms. The zero-order valence-corrected chi connectivity index (χ0v) is 13.5. The van der Waals surface area contributed by atoms with Crippen molar-refractivity contribution in [3.05, 3.63) is 35.4 Å². The van der Waals surface area contributed by atoms with Gasteiger partial charge in [-0.05, 0) is 24.5 Å². The van der Waals surface area contributed by atoms with Crippen LogP contribution in [0.25, 0.3) is 0 Å². The first kappa shape index (κ1) is 18.7. The highest BCUT2D eigenvalue weighted by molar-refractivity contribution is 5.76. The first-order valence-corrected chi connectivity index (χ1v) is 7.99. The molecule has 1 saturated heterocycles. The second kappa shape index (κ2) is 7.11. The molecule has 1 aliphatic heterocycles. The lowest BCUT2D eigenvalue weighted by Gasteiger charge is -2.43. The number of hydrogen-bond acceptors (Lipinski definition) is 3. The number of aliphatic carboxylic acids is 1. The van der Waals surface area contributed by atoms with Gasteiger partial charge in [0, 0.05) is 19.6 Å². The third-order valence-electron chi connectivity index (χ3n) is 4.70. The second-order valence-electron chi connectivity index (χ2n) is 6.38. The Kier molecular flexibility index (Phi) is 5.55. The number of hydrogen-bond donors (Lipinski definition) is 2. The number of alkyl halides is 3. The summed E-state index contributed by atoms with van der Waals surface area (Å²) in [6.45, 7) is 2.26. The molecular formula is C17H22F3NO3. The second-order valence-corrected chi connectivity index (χ2v) is 6.38. The van der Waals surface area contributed by atoms with Crippen LogP contribution in [-0.2, 0) is 17.5 Å². The summed E-state index contributed by atoms with van der Waals surface area (Å²) >= 11 is 0. The number of nitrogens with zero attached hydrogens (tertiary/aromatic N) is 1. The molecule has 0 bridgehead atoms. The van der Waals surface area contributed by atoms with Crippen molar-refractivity contribution >= 4 is 5.97 Å². The number of carbonyl (C=O) groups is 1. The van der Waals surface area contributed by atoms with Crippen molar-refractivity contribution in [3.63, 3.8) is 0 Å². The van der Waals surface area contributed by atoms with E-state index in [4.69, 9.17) is 0 Å². The van der Waals surface area contributed by atoms with E-state index < -0.39 is 29.2 Å². The van der Waals surface area contributed by atoms with E-state index in [1.807, 2.05) is 6.92 Å². The molecule has 0 radical (unpaired) electrons. The molecule has 24 heavy (non-hydrogen) atoms. The lowest BCUT2D eigenvalue weighted by Crippen LogP contribution is -2.55. The first-order valence-electron chi connectivity index (χ1n) is 7.99. The topological polar surface area (TPSA) is 60.8 Å². The average Bonchev–Trinajstić information content (AvgIpc) is 2.50. The van der Waals surface area contributed by atoms with Crippen LogP contribution in [0.3, 0.4) is 0 Å². The van der Waals surface area contributed by atoms with Crippen LogP contribution < -0.4 is 0 Å². The molecule has 0 unspecified atom stereocenters. The summed E-state index contributed by atoms with van der Waals surface area (Å²) in [5.74, 6) is -1.09. The highest BCUT2D eigenvalue weighted by Gasteiger charge is 2.48. The van der Waals surface area contributed by atoms with Gasteiger partial charge in [0.15, 0.2) is 0 Å². The molecule has 1 aromatic carbocycles. The average molecular weight is 345 g/mol. The van der Waals surface area contributed by atoms with Gasteiger partial charge < -0.3 is 10.2 Å². The molecule has 1 heterocycles. The Morgan fingerprint density at radius 2 is 2.04 bits per heavy atom. The normalized spacial score (nSPS) is 25.6. The third kappa shape index (κ3) is 3.72. The van der Waals surface area contributed by atoms with E-state index in [1.54, 1.807) is 11.0 Å². The van der Waals surface area contributed by atoms with Crippen LogP contribution in [0.4, 0.5) is 13.2 Å². The van der Waals surface area contributed by atoms with Crippen molar-refractivity contribution in [2.45, 2.75) is 45.0 Å². The summed E-state index contributed by atoms with van der Waals surface area (Å²) < 4.78 is 39.3. The molecule has 2 rings (SSSR count). The van der Waals surface area contributed by atoms with Crippen molar-refractivity contribution in [2.24, 2.45) is 5.41 Å². The Labute approximate surface area is 138 Å². The van der Waals surface area contributed by atoms with Gasteiger partial charge in [-0.3, -0.25) is 9.69 Å². The number of aliphatic hydroxyl groups excluding tert-OH is 1. The molecule has 1 fully saturated rings. The van der Waals surface area contributed by atoms with Crippen LogP contribution in [0.15, 0.2) is 24.3 Å². The lowest BCUT2D eigenvalue weighted by molar-refractivity contribution is -0.165. The zero-order chi connectivity index (χ0) is 18.0. The van der Waals surface area contributed by atoms with Crippen molar-refractivity contribution in [1.29, 1.82) is 0 Å². The number of aliphatic hydroxyl groups is 1. The summed E-state index contributed by atoms with van der Waals surface area (Å²) in [6, 6.07) is 5.32. The maximum absolute atomic E-state index is 13.1. The highest BCUT2D eigenvalue weighted by atomic mass is 19.4. The summed E-state index contributed by atoms with van der Waals surface area (Å²) in [7, 11) is 0. The largest absolute Gasteiger partial charge is 0.481 e. The van der Waals surface area contributed by atoms with Crippen LogP contribution in [0.2, 0.25) is 0 Å². The Morgan fingerprint density at radius 3 is 2.62 bits per heavy atom. The van der Waals surface area contributed by atoms with E-state index in [0.717, 1.165) is 6.07 Å². The zero-order valence-electron chi connectivity index (χ0n) is 13.5. The number of carboxylic acids is 1. The Hall–Kier alpha value is -1.60. The van der Waals surface area contributed by atoms with Gasteiger partial charge in [0.2, 0.25) is 0 Å². The maximum atomic E-state index is 13.1. The van der Waals surface area contributed by atoms with Gasteiger partial charge >= 0.3 is 12.1 Å². The summed E-state index contributed by atoms with van der Waals surface area (Å²) in [5, 5.41) is 19.8. The SMILES string of the molecule is CCC[C@@]1(C(=O)O)CN(Cc2ccccc2C(F)(F)F)CC[C@@H]1O. The van der Waals surface area contributed by atoms with Crippen LogP contribution in [-0.4, -0.2) is 40.3 Å². The summed E-state index contributed by atoms with van der Waals surface area (Å²) in [6.07, 6.45) is -4.32. The number of benzene rings is 1. The molecule has 0 aromatic heterocycles. The number of rotatable bonds is 5. The van der Waals surface area contributed by atoms with Gasteiger partial charge in [-0.15, -0.1) is 0 Å². The Morgan fingerprint density at radius 1 is 1.38 bits per heavy atom. The number of piperidine rings is 1. The van der Waals surface area contributed by atoms with E-state index in [-0.39, 0.29) is 25.1 Å². The fourth-order valence-corrected chi connectivity index (χ4v) is 3.48. The summed E-state index contributed by atoms with van der Waals surface area (Å²) in [5.41, 5.74) is -1.90. The smallest absolute Gasteiger partial charge is 0.416 e. The predicted octanol–water partition coefficient (Wildman–Crippen LogP) is 3.14. The van der Waals surface area contributed by atoms with Crippen LogP contribution >= 0.6 is 0 Å². The Balaban J connectivity index is 2.24. The first-order chi connectivity index (χ1) is 11.2. The molecule has 0 saturated carbocycles. The molecule has 4 nitrogen and oxygen atoms in total. The summed E-state index contributed by atoms with van der Waals surface area (Å²) in [4.78, 5) is 13.4. The van der Waals surface area contributed by atoms with E-state index in [0.29, 0.717) is 19.4 Å². The molecule has 2 N–H and O–H groups in total.